The van der Waals surface area contributed by atoms with Crippen molar-refractivity contribution < 1.29 is 17.6 Å². The van der Waals surface area contributed by atoms with Gasteiger partial charge in [-0.15, -0.1) is 11.3 Å². The minimum Gasteiger partial charge on any atom is -0.346 e. The summed E-state index contributed by atoms with van der Waals surface area (Å²) >= 11 is 1.49. The Kier molecular flexibility index (Phi) is 7.89. The van der Waals surface area contributed by atoms with Gasteiger partial charge in [-0.2, -0.15) is 0 Å². The number of benzene rings is 1. The molecule has 0 bridgehead atoms. The van der Waals surface area contributed by atoms with E-state index >= 15 is 0 Å². The van der Waals surface area contributed by atoms with Crippen LogP contribution in [0.1, 0.15) is 42.1 Å². The van der Waals surface area contributed by atoms with Crippen molar-refractivity contribution in [1.82, 2.24) is 15.0 Å². The summed E-state index contributed by atoms with van der Waals surface area (Å²) in [5.41, 5.74) is 2.29. The van der Waals surface area contributed by atoms with Crippen LogP contribution in [-0.2, 0) is 28.5 Å². The first-order valence-electron chi connectivity index (χ1n) is 9.69. The fourth-order valence-corrected chi connectivity index (χ4v) is 4.60. The van der Waals surface area contributed by atoms with Crippen LogP contribution in [0.3, 0.4) is 0 Å². The summed E-state index contributed by atoms with van der Waals surface area (Å²) < 4.78 is 38.0. The fraction of sp³-hybridized carbons (Fsp3) is 0.333. The number of halogens is 1. The minimum absolute atomic E-state index is 0.0490. The lowest BCUT2D eigenvalue weighted by atomic mass is 9.98. The van der Waals surface area contributed by atoms with Crippen molar-refractivity contribution in [3.05, 3.63) is 75.5 Å². The highest BCUT2D eigenvalue weighted by atomic mass is 32.2. The zero-order chi connectivity index (χ0) is 21.5. The summed E-state index contributed by atoms with van der Waals surface area (Å²) in [5, 5.41) is 5.76. The summed E-state index contributed by atoms with van der Waals surface area (Å²) in [5.74, 6) is -0.679. The van der Waals surface area contributed by atoms with Gasteiger partial charge in [0.15, 0.2) is 0 Å². The topological polar surface area (TPSA) is 88.2 Å². The Hall–Kier alpha value is -2.36. The smallest absolute Gasteiger partial charge is 0.225 e. The predicted octanol–water partition coefficient (Wildman–Crippen LogP) is 3.01. The molecule has 30 heavy (non-hydrogen) atoms. The molecule has 1 heterocycles. The lowest BCUT2D eigenvalue weighted by Crippen LogP contribution is -2.31. The van der Waals surface area contributed by atoms with Crippen LogP contribution in [-0.4, -0.2) is 25.4 Å². The summed E-state index contributed by atoms with van der Waals surface area (Å²) in [6.07, 6.45) is 7.45. The second kappa shape index (κ2) is 10.6. The van der Waals surface area contributed by atoms with Crippen molar-refractivity contribution in [2.45, 2.75) is 44.7 Å². The Morgan fingerprint density at radius 3 is 2.80 bits per heavy atom. The largest absolute Gasteiger partial charge is 0.346 e. The molecule has 0 saturated heterocycles. The van der Waals surface area contributed by atoms with Crippen LogP contribution in [0.15, 0.2) is 53.4 Å². The molecule has 6 nitrogen and oxygen atoms in total. The average molecular weight is 450 g/mol. The molecule has 1 aliphatic rings. The third kappa shape index (κ3) is 6.32. The molecule has 2 aromatic rings. The maximum atomic E-state index is 13.9. The first kappa shape index (κ1) is 22.3. The average Bonchev–Trinajstić information content (AvgIpc) is 3.19. The monoisotopic (exact) mass is 449 g/mol. The van der Waals surface area contributed by atoms with Crippen molar-refractivity contribution >= 4 is 28.1 Å². The molecule has 2 atom stereocenters. The molecule has 0 fully saturated rings. The number of aryl methyl sites for hydroxylation is 1. The molecule has 0 saturated carbocycles. The zero-order valence-corrected chi connectivity index (χ0v) is 18.2. The molecule has 1 aromatic heterocycles. The lowest BCUT2D eigenvalue weighted by Gasteiger charge is -2.20. The van der Waals surface area contributed by atoms with Gasteiger partial charge in [0.05, 0.1) is 18.2 Å². The van der Waals surface area contributed by atoms with E-state index in [1.807, 2.05) is 24.5 Å². The van der Waals surface area contributed by atoms with E-state index in [4.69, 9.17) is 0 Å². The first-order chi connectivity index (χ1) is 14.4. The highest BCUT2D eigenvalue weighted by Crippen LogP contribution is 2.27. The molecule has 0 radical (unpaired) electrons. The highest BCUT2D eigenvalue weighted by Gasteiger charge is 2.21. The number of thiazole rings is 1. The number of nitrogens with one attached hydrogen (secondary N) is 2. The summed E-state index contributed by atoms with van der Waals surface area (Å²) in [6, 6.07) is 5.64. The van der Waals surface area contributed by atoms with Crippen LogP contribution in [0.4, 0.5) is 4.39 Å². The minimum atomic E-state index is -2.66. The number of hydrogen-bond acceptors (Lipinski definition) is 5. The molecular formula is C21H24FN3O3S2. The number of thiol groups is 1. The van der Waals surface area contributed by atoms with Gasteiger partial charge in [0.25, 0.3) is 0 Å². The third-order valence-electron chi connectivity index (χ3n) is 4.76. The van der Waals surface area contributed by atoms with Gasteiger partial charge in [0.1, 0.15) is 10.8 Å². The van der Waals surface area contributed by atoms with Crippen LogP contribution in [0.25, 0.3) is 0 Å². The van der Waals surface area contributed by atoms with Crippen LogP contribution >= 0.6 is 11.3 Å². The van der Waals surface area contributed by atoms with Crippen LogP contribution in [0, 0.1) is 5.82 Å². The maximum absolute atomic E-state index is 13.9. The molecule has 160 valence electrons. The Morgan fingerprint density at radius 1 is 1.37 bits per heavy atom. The van der Waals surface area contributed by atoms with Gasteiger partial charge in [0, 0.05) is 11.4 Å². The molecule has 1 unspecified atom stereocenters. The van der Waals surface area contributed by atoms with E-state index in [2.05, 4.69) is 15.0 Å². The molecule has 0 aliphatic heterocycles. The van der Waals surface area contributed by atoms with Crippen molar-refractivity contribution in [1.29, 1.82) is 0 Å². The Labute approximate surface area is 181 Å². The molecule has 9 heteroatoms. The Bertz CT molecular complexity index is 1020. The maximum Gasteiger partial charge on any atom is 0.225 e. The summed E-state index contributed by atoms with van der Waals surface area (Å²) in [6.45, 7) is 2.02. The summed E-state index contributed by atoms with van der Waals surface area (Å²) in [4.78, 5) is 17.2. The molecule has 1 aliphatic carbocycles. The number of nitrogens with zero attached hydrogens (tertiary/aromatic N) is 1. The second-order valence-electron chi connectivity index (χ2n) is 6.99. The van der Waals surface area contributed by atoms with E-state index in [-0.39, 0.29) is 24.4 Å². The number of rotatable bonds is 9. The van der Waals surface area contributed by atoms with E-state index in [1.54, 1.807) is 24.3 Å². The van der Waals surface area contributed by atoms with Gasteiger partial charge in [0.2, 0.25) is 16.8 Å². The molecule has 0 spiro atoms. The van der Waals surface area contributed by atoms with Crippen LogP contribution < -0.4 is 10.0 Å². The Balaban J connectivity index is 1.71. The van der Waals surface area contributed by atoms with Crippen molar-refractivity contribution in [2.24, 2.45) is 0 Å². The van der Waals surface area contributed by atoms with Gasteiger partial charge < -0.3 is 5.32 Å². The van der Waals surface area contributed by atoms with Crippen molar-refractivity contribution in [3.63, 3.8) is 0 Å². The third-order valence-corrected chi connectivity index (χ3v) is 6.31. The van der Waals surface area contributed by atoms with Gasteiger partial charge in [-0.1, -0.05) is 43.4 Å². The van der Waals surface area contributed by atoms with E-state index in [9.17, 15) is 17.6 Å². The lowest BCUT2D eigenvalue weighted by molar-refractivity contribution is -0.121. The van der Waals surface area contributed by atoms with E-state index in [0.717, 1.165) is 22.7 Å². The van der Waals surface area contributed by atoms with Crippen LogP contribution in [0.2, 0.25) is 0 Å². The number of carbonyl (C=O) groups is 1. The summed E-state index contributed by atoms with van der Waals surface area (Å²) in [7, 11) is -2.66. The van der Waals surface area contributed by atoms with Crippen LogP contribution in [0.5, 0.6) is 0 Å². The van der Waals surface area contributed by atoms with Gasteiger partial charge >= 0.3 is 0 Å². The molecule has 3 rings (SSSR count). The first-order valence-corrected chi connectivity index (χ1v) is 11.7. The SMILES string of the molecule is CCc1csc([C@H](CC2=CCC(N[SH](=O)=O)C=C2)NC(=O)Cc2ccccc2F)n1. The van der Waals surface area contributed by atoms with Crippen molar-refractivity contribution in [2.75, 3.05) is 0 Å². The molecular weight excluding hydrogens is 425 g/mol. The van der Waals surface area contributed by atoms with Gasteiger partial charge in [-0.05, 0) is 36.5 Å². The highest BCUT2D eigenvalue weighted by molar-refractivity contribution is 7.70. The number of hydrogen-bond donors (Lipinski definition) is 3. The Morgan fingerprint density at radius 2 is 2.17 bits per heavy atom. The van der Waals surface area contributed by atoms with E-state index in [1.165, 1.54) is 17.4 Å². The molecule has 1 aromatic carbocycles. The number of aromatic nitrogens is 1. The second-order valence-corrected chi connectivity index (χ2v) is 8.65. The zero-order valence-electron chi connectivity index (χ0n) is 16.5. The molecule has 2 N–H and O–H groups in total. The van der Waals surface area contributed by atoms with E-state index < -0.39 is 16.7 Å². The fourth-order valence-electron chi connectivity index (χ4n) is 3.19. The quantitative estimate of drug-likeness (QED) is 0.514. The normalized spacial score (nSPS) is 17.0. The standard InChI is InChI=1S/C21H24FN3O3S2/c1-2-16-13-29-21(23-16)19(11-14-7-9-17(10-8-14)25-30(27)28)24-20(26)12-15-5-3-4-6-18(15)22/h3-9,13,17,19,30H,2,10-12H2,1H3,(H,24,26)(H,25,27,28)/t17?,19-/m0/s1. The van der Waals surface area contributed by atoms with Crippen molar-refractivity contribution in [3.8, 4) is 0 Å². The van der Waals surface area contributed by atoms with Gasteiger partial charge in [-0.25, -0.2) is 22.5 Å². The number of allylic oxidation sites excluding steroid dienone is 1. The predicted molar refractivity (Wildman–Crippen MR) is 116 cm³/mol. The van der Waals surface area contributed by atoms with E-state index in [0.29, 0.717) is 18.4 Å². The van der Waals surface area contributed by atoms with Gasteiger partial charge in [-0.3, -0.25) is 4.79 Å². The number of carbonyl (C=O) groups excluding carboxylic acids is 1. The number of amides is 1. The molecule has 1 amide bonds.